The molecular weight excluding hydrogens is 254 g/mol. The number of fused-ring (bicyclic) bond motifs is 1. The van der Waals surface area contributed by atoms with Gasteiger partial charge in [0.2, 0.25) is 6.79 Å². The van der Waals surface area contributed by atoms with Crippen molar-refractivity contribution < 1.29 is 14.2 Å². The minimum atomic E-state index is 0.308. The van der Waals surface area contributed by atoms with Crippen LogP contribution in [-0.2, 0) is 13.1 Å². The molecule has 2 aromatic carbocycles. The van der Waals surface area contributed by atoms with Crippen LogP contribution in [0, 0.1) is 0 Å². The van der Waals surface area contributed by atoms with Gasteiger partial charge in [-0.2, -0.15) is 0 Å². The maximum atomic E-state index is 5.49. The third-order valence-corrected chi connectivity index (χ3v) is 3.26. The molecule has 0 atom stereocenters. The number of benzene rings is 2. The number of hydrogen-bond donors (Lipinski definition) is 1. The highest BCUT2D eigenvalue weighted by Crippen LogP contribution is 2.35. The molecule has 0 bridgehead atoms. The van der Waals surface area contributed by atoms with Gasteiger partial charge in [0, 0.05) is 18.7 Å². The molecule has 0 aliphatic carbocycles. The second kappa shape index (κ2) is 5.84. The van der Waals surface area contributed by atoms with Crippen molar-refractivity contribution >= 4 is 0 Å². The number of nitrogens with one attached hydrogen (secondary N) is 1. The quantitative estimate of drug-likeness (QED) is 0.907. The van der Waals surface area contributed by atoms with Crippen LogP contribution in [0.5, 0.6) is 17.2 Å². The topological polar surface area (TPSA) is 39.7 Å². The van der Waals surface area contributed by atoms with Gasteiger partial charge in [-0.15, -0.1) is 0 Å². The van der Waals surface area contributed by atoms with Crippen LogP contribution >= 0.6 is 0 Å². The Kier molecular flexibility index (Phi) is 3.74. The zero-order valence-corrected chi connectivity index (χ0v) is 11.4. The van der Waals surface area contributed by atoms with E-state index in [1.165, 1.54) is 5.56 Å². The van der Waals surface area contributed by atoms with E-state index >= 15 is 0 Å². The SMILES string of the molecule is COc1cccc(CNCc2cccc3c2OCO3)c1. The molecule has 0 amide bonds. The van der Waals surface area contributed by atoms with E-state index in [0.29, 0.717) is 6.79 Å². The van der Waals surface area contributed by atoms with Crippen molar-refractivity contribution in [2.45, 2.75) is 13.1 Å². The number of para-hydroxylation sites is 1. The van der Waals surface area contributed by atoms with Gasteiger partial charge in [-0.05, 0) is 23.8 Å². The summed E-state index contributed by atoms with van der Waals surface area (Å²) in [6, 6.07) is 14.0. The van der Waals surface area contributed by atoms with E-state index in [9.17, 15) is 0 Å². The maximum absolute atomic E-state index is 5.49. The summed E-state index contributed by atoms with van der Waals surface area (Å²) in [4.78, 5) is 0. The van der Waals surface area contributed by atoms with Gasteiger partial charge >= 0.3 is 0 Å². The molecule has 0 unspecified atom stereocenters. The fraction of sp³-hybridized carbons (Fsp3) is 0.250. The Bertz CT molecular complexity index is 598. The minimum absolute atomic E-state index is 0.308. The van der Waals surface area contributed by atoms with Crippen LogP contribution in [0.25, 0.3) is 0 Å². The lowest BCUT2D eigenvalue weighted by Crippen LogP contribution is -2.13. The predicted molar refractivity (Wildman–Crippen MR) is 76.1 cm³/mol. The number of ether oxygens (including phenoxy) is 3. The van der Waals surface area contributed by atoms with Crippen molar-refractivity contribution in [2.24, 2.45) is 0 Å². The fourth-order valence-corrected chi connectivity index (χ4v) is 2.25. The Morgan fingerprint density at radius 3 is 2.90 bits per heavy atom. The van der Waals surface area contributed by atoms with Crippen molar-refractivity contribution in [1.82, 2.24) is 5.32 Å². The first-order valence-corrected chi connectivity index (χ1v) is 6.58. The minimum Gasteiger partial charge on any atom is -0.497 e. The van der Waals surface area contributed by atoms with Crippen LogP contribution in [0.4, 0.5) is 0 Å². The third kappa shape index (κ3) is 2.70. The molecule has 1 N–H and O–H groups in total. The molecular formula is C16H17NO3. The smallest absolute Gasteiger partial charge is 0.231 e. The average molecular weight is 271 g/mol. The first-order chi connectivity index (χ1) is 9.86. The van der Waals surface area contributed by atoms with Gasteiger partial charge in [-0.1, -0.05) is 24.3 Å². The number of rotatable bonds is 5. The van der Waals surface area contributed by atoms with Crippen molar-refractivity contribution in [1.29, 1.82) is 0 Å². The van der Waals surface area contributed by atoms with Gasteiger partial charge in [0.1, 0.15) is 5.75 Å². The van der Waals surface area contributed by atoms with Crippen LogP contribution in [-0.4, -0.2) is 13.9 Å². The Balaban J connectivity index is 1.61. The van der Waals surface area contributed by atoms with Gasteiger partial charge in [0.05, 0.1) is 7.11 Å². The molecule has 3 rings (SSSR count). The Labute approximate surface area is 118 Å². The third-order valence-electron chi connectivity index (χ3n) is 3.26. The lowest BCUT2D eigenvalue weighted by Gasteiger charge is -2.08. The molecule has 0 saturated carbocycles. The largest absolute Gasteiger partial charge is 0.497 e. The van der Waals surface area contributed by atoms with Gasteiger partial charge in [0.15, 0.2) is 11.5 Å². The Hall–Kier alpha value is -2.20. The summed E-state index contributed by atoms with van der Waals surface area (Å²) in [7, 11) is 1.68. The predicted octanol–water partition coefficient (Wildman–Crippen LogP) is 2.71. The van der Waals surface area contributed by atoms with E-state index in [1.54, 1.807) is 7.11 Å². The lowest BCUT2D eigenvalue weighted by atomic mass is 10.1. The van der Waals surface area contributed by atoms with Gasteiger partial charge in [-0.3, -0.25) is 0 Å². The van der Waals surface area contributed by atoms with Crippen molar-refractivity contribution in [3.05, 3.63) is 53.6 Å². The monoisotopic (exact) mass is 271 g/mol. The average Bonchev–Trinajstić information content (AvgIpc) is 2.97. The van der Waals surface area contributed by atoms with Crippen molar-refractivity contribution in [2.75, 3.05) is 13.9 Å². The zero-order valence-electron chi connectivity index (χ0n) is 11.4. The molecule has 0 aromatic heterocycles. The van der Waals surface area contributed by atoms with E-state index in [2.05, 4.69) is 11.4 Å². The highest BCUT2D eigenvalue weighted by atomic mass is 16.7. The molecule has 0 fully saturated rings. The molecule has 0 saturated heterocycles. The maximum Gasteiger partial charge on any atom is 0.231 e. The second-order valence-corrected chi connectivity index (χ2v) is 4.61. The van der Waals surface area contributed by atoms with Gasteiger partial charge in [0.25, 0.3) is 0 Å². The van der Waals surface area contributed by atoms with Crippen LogP contribution in [0.1, 0.15) is 11.1 Å². The summed E-state index contributed by atoms with van der Waals surface area (Å²) < 4.78 is 16.1. The van der Waals surface area contributed by atoms with Gasteiger partial charge < -0.3 is 19.5 Å². The molecule has 4 nitrogen and oxygen atoms in total. The van der Waals surface area contributed by atoms with Crippen LogP contribution in [0.2, 0.25) is 0 Å². The Morgan fingerprint density at radius 1 is 1.10 bits per heavy atom. The van der Waals surface area contributed by atoms with E-state index < -0.39 is 0 Å². The van der Waals surface area contributed by atoms with Crippen molar-refractivity contribution in [3.8, 4) is 17.2 Å². The highest BCUT2D eigenvalue weighted by Gasteiger charge is 2.16. The standard InChI is InChI=1S/C16H17NO3/c1-18-14-6-2-4-12(8-14)9-17-10-13-5-3-7-15-16(13)20-11-19-15/h2-8,17H,9-11H2,1H3. The Morgan fingerprint density at radius 2 is 2.00 bits per heavy atom. The lowest BCUT2D eigenvalue weighted by molar-refractivity contribution is 0.173. The molecule has 0 radical (unpaired) electrons. The van der Waals surface area contributed by atoms with E-state index in [-0.39, 0.29) is 0 Å². The first-order valence-electron chi connectivity index (χ1n) is 6.58. The van der Waals surface area contributed by atoms with Crippen LogP contribution < -0.4 is 19.5 Å². The normalized spacial score (nSPS) is 12.4. The molecule has 20 heavy (non-hydrogen) atoms. The van der Waals surface area contributed by atoms with Crippen molar-refractivity contribution in [3.63, 3.8) is 0 Å². The van der Waals surface area contributed by atoms with Gasteiger partial charge in [-0.25, -0.2) is 0 Å². The molecule has 104 valence electrons. The summed E-state index contributed by atoms with van der Waals surface area (Å²) in [5.74, 6) is 2.55. The highest BCUT2D eigenvalue weighted by molar-refractivity contribution is 5.48. The molecule has 4 heteroatoms. The van der Waals surface area contributed by atoms with Crippen LogP contribution in [0.15, 0.2) is 42.5 Å². The van der Waals surface area contributed by atoms with Crippen LogP contribution in [0.3, 0.4) is 0 Å². The number of hydrogen-bond acceptors (Lipinski definition) is 4. The summed E-state index contributed by atoms with van der Waals surface area (Å²) in [5.41, 5.74) is 2.30. The summed E-state index contributed by atoms with van der Waals surface area (Å²) >= 11 is 0. The zero-order chi connectivity index (χ0) is 13.8. The molecule has 1 heterocycles. The summed E-state index contributed by atoms with van der Waals surface area (Å²) in [5, 5.41) is 3.41. The summed E-state index contributed by atoms with van der Waals surface area (Å²) in [6.45, 7) is 1.83. The molecule has 1 aliphatic rings. The molecule has 0 spiro atoms. The van der Waals surface area contributed by atoms with E-state index in [1.807, 2.05) is 36.4 Å². The fourth-order valence-electron chi connectivity index (χ4n) is 2.25. The van der Waals surface area contributed by atoms with E-state index in [0.717, 1.165) is 35.9 Å². The molecule has 2 aromatic rings. The summed E-state index contributed by atoms with van der Waals surface area (Å²) in [6.07, 6.45) is 0. The number of methoxy groups -OCH3 is 1. The molecule has 1 aliphatic heterocycles. The van der Waals surface area contributed by atoms with E-state index in [4.69, 9.17) is 14.2 Å². The first kappa shape index (κ1) is 12.8. The second-order valence-electron chi connectivity index (χ2n) is 4.61.